The van der Waals surface area contributed by atoms with Crippen molar-refractivity contribution < 1.29 is 5.11 Å². The van der Waals surface area contributed by atoms with E-state index >= 15 is 0 Å². The monoisotopic (exact) mass is 345 g/mol. The number of imidazole rings is 1. The lowest BCUT2D eigenvalue weighted by Crippen LogP contribution is -2.22. The molecule has 1 N–H and O–H groups in total. The van der Waals surface area contributed by atoms with Gasteiger partial charge < -0.3 is 9.67 Å². The van der Waals surface area contributed by atoms with E-state index in [0.29, 0.717) is 5.56 Å². The zero-order valence-corrected chi connectivity index (χ0v) is 13.7. The average molecular weight is 346 g/mol. The Morgan fingerprint density at radius 1 is 1.19 bits per heavy atom. The molecule has 4 nitrogen and oxygen atoms in total. The number of phenolic OH excluding ortho intramolecular Hbond substituents is 1. The maximum Gasteiger partial charge on any atom is 0.145 e. The predicted molar refractivity (Wildman–Crippen MR) is 87.3 cm³/mol. The highest BCUT2D eigenvalue weighted by Gasteiger charge is 2.23. The largest absolute Gasteiger partial charge is 0.507 e. The Bertz CT molecular complexity index is 818. The van der Waals surface area contributed by atoms with Crippen LogP contribution in [0.3, 0.4) is 0 Å². The zero-order valence-electron chi connectivity index (χ0n) is 12.1. The maximum absolute atomic E-state index is 10.2. The van der Waals surface area contributed by atoms with Crippen LogP contribution in [-0.4, -0.2) is 19.6 Å². The van der Waals surface area contributed by atoms with Gasteiger partial charge in [-0.15, -0.1) is 0 Å². The Labute approximate surface area is 131 Å². The van der Waals surface area contributed by atoms with Crippen molar-refractivity contribution in [3.05, 3.63) is 41.1 Å². The molecule has 21 heavy (non-hydrogen) atoms. The topological polar surface area (TPSA) is 50.9 Å². The highest BCUT2D eigenvalue weighted by atomic mass is 79.9. The lowest BCUT2D eigenvalue weighted by Gasteiger charge is -2.25. The van der Waals surface area contributed by atoms with Crippen LogP contribution < -0.4 is 0 Å². The molecule has 2 aromatic heterocycles. The van der Waals surface area contributed by atoms with Crippen LogP contribution in [0.25, 0.3) is 22.4 Å². The average Bonchev–Trinajstić information content (AvgIpc) is 2.80. The summed E-state index contributed by atoms with van der Waals surface area (Å²) in [6, 6.07) is 7.31. The molecule has 0 spiro atoms. The van der Waals surface area contributed by atoms with Gasteiger partial charge in [0, 0.05) is 16.2 Å². The van der Waals surface area contributed by atoms with E-state index < -0.39 is 0 Å². The van der Waals surface area contributed by atoms with Gasteiger partial charge >= 0.3 is 0 Å². The van der Waals surface area contributed by atoms with E-state index in [-0.39, 0.29) is 11.3 Å². The van der Waals surface area contributed by atoms with Crippen molar-refractivity contribution in [3.8, 4) is 17.1 Å². The summed E-state index contributed by atoms with van der Waals surface area (Å²) in [4.78, 5) is 8.81. The molecule has 0 unspecified atom stereocenters. The number of aromatic hydroxyl groups is 1. The molecule has 0 aliphatic rings. The van der Waals surface area contributed by atoms with Gasteiger partial charge in [-0.2, -0.15) is 0 Å². The quantitative estimate of drug-likeness (QED) is 0.714. The molecular formula is C16H16BrN3O. The Morgan fingerprint density at radius 3 is 2.67 bits per heavy atom. The summed E-state index contributed by atoms with van der Waals surface area (Å²) in [5.41, 5.74) is 2.37. The highest BCUT2D eigenvalue weighted by Crippen LogP contribution is 2.36. The van der Waals surface area contributed by atoms with Gasteiger partial charge in [0.1, 0.15) is 17.1 Å². The fourth-order valence-corrected chi connectivity index (χ4v) is 2.84. The molecule has 2 heterocycles. The summed E-state index contributed by atoms with van der Waals surface area (Å²) in [7, 11) is 0. The Kier molecular flexibility index (Phi) is 3.24. The van der Waals surface area contributed by atoms with Gasteiger partial charge in [0.15, 0.2) is 0 Å². The van der Waals surface area contributed by atoms with E-state index in [1.807, 2.05) is 18.2 Å². The molecule has 0 fully saturated rings. The Morgan fingerprint density at radius 2 is 1.95 bits per heavy atom. The van der Waals surface area contributed by atoms with Crippen LogP contribution in [0.1, 0.15) is 20.8 Å². The number of hydrogen-bond acceptors (Lipinski definition) is 3. The van der Waals surface area contributed by atoms with E-state index in [0.717, 1.165) is 21.3 Å². The number of phenols is 1. The third-order valence-corrected chi connectivity index (χ3v) is 3.82. The molecule has 0 aliphatic heterocycles. The third kappa shape index (κ3) is 2.42. The molecule has 0 aliphatic carbocycles. The predicted octanol–water partition coefficient (Wildman–Crippen LogP) is 4.32. The molecule has 0 atom stereocenters. The third-order valence-electron chi connectivity index (χ3n) is 3.33. The number of halogens is 1. The van der Waals surface area contributed by atoms with Gasteiger partial charge in [-0.1, -0.05) is 15.9 Å². The molecule has 5 heteroatoms. The summed E-state index contributed by atoms with van der Waals surface area (Å²) in [6.07, 6.45) is 3.51. The van der Waals surface area contributed by atoms with E-state index in [4.69, 9.17) is 0 Å². The standard InChI is InChI=1S/C16H16BrN3O/c1-16(2,3)20-13-6-7-18-9-12(13)19-15(20)11-8-10(17)4-5-14(11)21/h4-9,21H,1-3H3. The van der Waals surface area contributed by atoms with E-state index in [2.05, 4.69) is 51.2 Å². The molecule has 0 radical (unpaired) electrons. The van der Waals surface area contributed by atoms with Crippen LogP contribution >= 0.6 is 15.9 Å². The van der Waals surface area contributed by atoms with Gasteiger partial charge in [-0.25, -0.2) is 4.98 Å². The van der Waals surface area contributed by atoms with E-state index in [9.17, 15) is 5.11 Å². The fourth-order valence-electron chi connectivity index (χ4n) is 2.48. The first kappa shape index (κ1) is 14.1. The summed E-state index contributed by atoms with van der Waals surface area (Å²) in [5.74, 6) is 0.955. The molecule has 108 valence electrons. The molecule has 3 aromatic rings. The molecule has 0 saturated carbocycles. The van der Waals surface area contributed by atoms with E-state index in [1.165, 1.54) is 0 Å². The van der Waals surface area contributed by atoms with Crippen LogP contribution in [0.4, 0.5) is 0 Å². The van der Waals surface area contributed by atoms with Gasteiger partial charge in [0.2, 0.25) is 0 Å². The first-order valence-corrected chi connectivity index (χ1v) is 7.49. The number of nitrogens with zero attached hydrogens (tertiary/aromatic N) is 3. The van der Waals surface area contributed by atoms with Crippen molar-refractivity contribution >= 4 is 27.0 Å². The van der Waals surface area contributed by atoms with Gasteiger partial charge in [-0.3, -0.25) is 4.98 Å². The van der Waals surface area contributed by atoms with Crippen LogP contribution in [-0.2, 0) is 5.54 Å². The number of hydrogen-bond donors (Lipinski definition) is 1. The van der Waals surface area contributed by atoms with Crippen molar-refractivity contribution in [2.24, 2.45) is 0 Å². The van der Waals surface area contributed by atoms with Crippen LogP contribution in [0, 0.1) is 0 Å². The molecule has 1 aromatic carbocycles. The molecule has 0 saturated heterocycles. The van der Waals surface area contributed by atoms with Crippen molar-refractivity contribution in [2.75, 3.05) is 0 Å². The SMILES string of the molecule is CC(C)(C)n1c(-c2cc(Br)ccc2O)nc2cnccc21. The molecule has 3 rings (SSSR count). The Hall–Kier alpha value is -1.88. The number of benzene rings is 1. The minimum absolute atomic E-state index is 0.166. The van der Waals surface area contributed by atoms with Gasteiger partial charge in [-0.05, 0) is 45.0 Å². The second-order valence-electron chi connectivity index (χ2n) is 5.97. The van der Waals surface area contributed by atoms with E-state index in [1.54, 1.807) is 18.5 Å². The smallest absolute Gasteiger partial charge is 0.145 e. The van der Waals surface area contributed by atoms with Crippen molar-refractivity contribution in [2.45, 2.75) is 26.3 Å². The molecular weight excluding hydrogens is 330 g/mol. The number of fused-ring (bicyclic) bond motifs is 1. The highest BCUT2D eigenvalue weighted by molar-refractivity contribution is 9.10. The van der Waals surface area contributed by atoms with Crippen LogP contribution in [0.2, 0.25) is 0 Å². The summed E-state index contributed by atoms with van der Waals surface area (Å²) >= 11 is 3.45. The zero-order chi connectivity index (χ0) is 15.2. The Balaban J connectivity index is 2.39. The minimum Gasteiger partial charge on any atom is -0.507 e. The summed E-state index contributed by atoms with van der Waals surface area (Å²) < 4.78 is 3.03. The molecule has 0 bridgehead atoms. The lowest BCUT2D eigenvalue weighted by molar-refractivity contribution is 0.411. The maximum atomic E-state index is 10.2. The van der Waals surface area contributed by atoms with Crippen molar-refractivity contribution in [1.29, 1.82) is 0 Å². The van der Waals surface area contributed by atoms with Gasteiger partial charge in [0.05, 0.1) is 17.3 Å². The van der Waals surface area contributed by atoms with Crippen LogP contribution in [0.15, 0.2) is 41.1 Å². The number of rotatable bonds is 1. The molecule has 0 amide bonds. The fraction of sp³-hybridized carbons (Fsp3) is 0.250. The second kappa shape index (κ2) is 4.84. The summed E-state index contributed by atoms with van der Waals surface area (Å²) in [6.45, 7) is 6.35. The second-order valence-corrected chi connectivity index (χ2v) is 6.88. The van der Waals surface area contributed by atoms with Crippen molar-refractivity contribution in [3.63, 3.8) is 0 Å². The first-order valence-electron chi connectivity index (χ1n) is 6.70. The first-order chi connectivity index (χ1) is 9.88. The van der Waals surface area contributed by atoms with Crippen molar-refractivity contribution in [1.82, 2.24) is 14.5 Å². The lowest BCUT2D eigenvalue weighted by atomic mass is 10.1. The minimum atomic E-state index is -0.166. The number of pyridine rings is 1. The normalized spacial score (nSPS) is 12.0. The summed E-state index contributed by atoms with van der Waals surface area (Å²) in [5, 5.41) is 10.2. The van der Waals surface area contributed by atoms with Crippen LogP contribution in [0.5, 0.6) is 5.75 Å². The number of aromatic nitrogens is 3. The van der Waals surface area contributed by atoms with Gasteiger partial charge in [0.25, 0.3) is 0 Å².